The smallest absolute Gasteiger partial charge is 0.311 e. The molecule has 1 unspecified atom stereocenters. The number of nitrogens with one attached hydrogen (secondary N) is 1. The molecule has 0 saturated carbocycles. The van der Waals surface area contributed by atoms with Gasteiger partial charge in [0.1, 0.15) is 11.9 Å². The first kappa shape index (κ1) is 14.2. The Morgan fingerprint density at radius 2 is 2.42 bits per heavy atom. The molecule has 7 heteroatoms. The molecule has 0 radical (unpaired) electrons. The normalized spacial score (nSPS) is 19.5. The summed E-state index contributed by atoms with van der Waals surface area (Å²) in [5, 5.41) is 14.3. The molecule has 0 aromatic carbocycles. The monoisotopic (exact) mass is 328 g/mol. The van der Waals surface area contributed by atoms with Crippen molar-refractivity contribution >= 4 is 27.3 Å². The molecule has 1 aliphatic rings. The lowest BCUT2D eigenvalue weighted by molar-refractivity contribution is -0.384. The van der Waals surface area contributed by atoms with Gasteiger partial charge >= 0.3 is 5.69 Å². The van der Waals surface area contributed by atoms with Gasteiger partial charge in [-0.2, -0.15) is 0 Å². The van der Waals surface area contributed by atoms with Gasteiger partial charge < -0.3 is 10.2 Å². The van der Waals surface area contributed by atoms with Gasteiger partial charge in [-0.25, -0.2) is 0 Å². The van der Waals surface area contributed by atoms with E-state index in [0.717, 1.165) is 32.5 Å². The molecule has 1 atom stereocenters. The summed E-state index contributed by atoms with van der Waals surface area (Å²) < 4.78 is 0.687. The third-order valence-electron chi connectivity index (χ3n) is 3.38. The van der Waals surface area contributed by atoms with E-state index in [4.69, 9.17) is 0 Å². The largest absolute Gasteiger partial charge is 0.365 e. The highest BCUT2D eigenvalue weighted by molar-refractivity contribution is 9.10. The summed E-state index contributed by atoms with van der Waals surface area (Å²) in [6.07, 6.45) is 5.15. The van der Waals surface area contributed by atoms with Crippen LogP contribution < -0.4 is 10.2 Å². The fraction of sp³-hybridized carbons (Fsp3) is 0.583. The van der Waals surface area contributed by atoms with Crippen LogP contribution in [0.25, 0.3) is 0 Å². The minimum Gasteiger partial charge on any atom is -0.365 e. The fourth-order valence-corrected chi connectivity index (χ4v) is 3.16. The summed E-state index contributed by atoms with van der Waals surface area (Å²) in [5.41, 5.74) is 0.722. The van der Waals surface area contributed by atoms with Crippen LogP contribution in [0.5, 0.6) is 0 Å². The minimum absolute atomic E-state index is 0.0690. The maximum absolute atomic E-state index is 11.1. The predicted molar refractivity (Wildman–Crippen MR) is 77.5 cm³/mol. The standard InChI is InChI=1S/C12H17BrN4O2/c1-14-5-9-3-2-4-16(8-9)12-10(13)6-15-7-11(12)17(18)19/h6-7,9,14H,2-5,8H2,1H3. The van der Waals surface area contributed by atoms with Gasteiger partial charge in [-0.1, -0.05) is 0 Å². The van der Waals surface area contributed by atoms with Crippen LogP contribution in [0, 0.1) is 16.0 Å². The van der Waals surface area contributed by atoms with E-state index in [1.807, 2.05) is 7.05 Å². The highest BCUT2D eigenvalue weighted by Gasteiger charge is 2.27. The number of aromatic nitrogens is 1. The SMILES string of the molecule is CNCC1CCCN(c2c(Br)cncc2[N+](=O)[O-])C1. The Morgan fingerprint density at radius 1 is 1.63 bits per heavy atom. The first-order valence-corrected chi connectivity index (χ1v) is 7.10. The number of rotatable bonds is 4. The van der Waals surface area contributed by atoms with E-state index in [1.54, 1.807) is 6.20 Å². The number of piperidine rings is 1. The summed E-state index contributed by atoms with van der Waals surface area (Å²) in [6.45, 7) is 2.63. The second-order valence-corrected chi connectivity index (χ2v) is 5.61. The van der Waals surface area contributed by atoms with E-state index >= 15 is 0 Å². The van der Waals surface area contributed by atoms with Crippen LogP contribution in [-0.2, 0) is 0 Å². The van der Waals surface area contributed by atoms with Crippen molar-refractivity contribution in [1.82, 2.24) is 10.3 Å². The van der Waals surface area contributed by atoms with Gasteiger partial charge in [-0.05, 0) is 48.3 Å². The molecule has 1 aromatic heterocycles. The fourth-order valence-electron chi connectivity index (χ4n) is 2.59. The van der Waals surface area contributed by atoms with Crippen LogP contribution in [0.15, 0.2) is 16.9 Å². The molecular weight excluding hydrogens is 312 g/mol. The molecule has 2 heterocycles. The van der Waals surface area contributed by atoms with Gasteiger partial charge in [0, 0.05) is 19.3 Å². The van der Waals surface area contributed by atoms with Crippen LogP contribution in [0.3, 0.4) is 0 Å². The number of anilines is 1. The molecule has 1 aromatic rings. The summed E-state index contributed by atoms with van der Waals surface area (Å²) in [6, 6.07) is 0. The molecule has 6 nitrogen and oxygen atoms in total. The molecule has 1 N–H and O–H groups in total. The molecule has 2 rings (SSSR count). The topological polar surface area (TPSA) is 71.3 Å². The summed E-state index contributed by atoms with van der Waals surface area (Å²) in [5.74, 6) is 0.526. The first-order valence-electron chi connectivity index (χ1n) is 6.31. The summed E-state index contributed by atoms with van der Waals surface area (Å²) in [7, 11) is 1.93. The van der Waals surface area contributed by atoms with Gasteiger partial charge in [0.05, 0.1) is 9.40 Å². The van der Waals surface area contributed by atoms with Crippen LogP contribution in [-0.4, -0.2) is 36.6 Å². The average molecular weight is 329 g/mol. The molecule has 0 aliphatic carbocycles. The van der Waals surface area contributed by atoms with E-state index < -0.39 is 0 Å². The first-order chi connectivity index (χ1) is 9.13. The van der Waals surface area contributed by atoms with E-state index in [2.05, 4.69) is 31.1 Å². The Morgan fingerprint density at radius 3 is 3.11 bits per heavy atom. The van der Waals surface area contributed by atoms with Gasteiger partial charge in [0.2, 0.25) is 0 Å². The van der Waals surface area contributed by atoms with E-state index in [0.29, 0.717) is 16.1 Å². The Labute approximate surface area is 120 Å². The molecule has 1 fully saturated rings. The Balaban J connectivity index is 2.28. The van der Waals surface area contributed by atoms with Crippen LogP contribution in [0.4, 0.5) is 11.4 Å². The lowest BCUT2D eigenvalue weighted by Gasteiger charge is -2.34. The molecule has 19 heavy (non-hydrogen) atoms. The van der Waals surface area contributed by atoms with Crippen molar-refractivity contribution in [3.63, 3.8) is 0 Å². The molecular formula is C12H17BrN4O2. The van der Waals surface area contributed by atoms with Crippen molar-refractivity contribution in [2.45, 2.75) is 12.8 Å². The number of nitrogens with zero attached hydrogens (tertiary/aromatic N) is 3. The summed E-state index contributed by atoms with van der Waals surface area (Å²) in [4.78, 5) is 16.7. The maximum atomic E-state index is 11.1. The zero-order chi connectivity index (χ0) is 13.8. The third-order valence-corrected chi connectivity index (χ3v) is 3.96. The second-order valence-electron chi connectivity index (χ2n) is 4.76. The lowest BCUT2D eigenvalue weighted by atomic mass is 9.97. The van der Waals surface area contributed by atoms with Crippen LogP contribution >= 0.6 is 15.9 Å². The van der Waals surface area contributed by atoms with Crippen LogP contribution in [0.2, 0.25) is 0 Å². The Hall–Kier alpha value is -1.21. The lowest BCUT2D eigenvalue weighted by Crippen LogP contribution is -2.39. The summed E-state index contributed by atoms with van der Waals surface area (Å²) >= 11 is 3.39. The van der Waals surface area contributed by atoms with Crippen molar-refractivity contribution in [1.29, 1.82) is 0 Å². The maximum Gasteiger partial charge on any atom is 0.311 e. The highest BCUT2D eigenvalue weighted by Crippen LogP contribution is 2.36. The van der Waals surface area contributed by atoms with Crippen molar-refractivity contribution in [3.8, 4) is 0 Å². The molecule has 0 spiro atoms. The zero-order valence-electron chi connectivity index (χ0n) is 10.8. The van der Waals surface area contributed by atoms with Crippen molar-refractivity contribution in [2.75, 3.05) is 31.6 Å². The number of hydrogen-bond acceptors (Lipinski definition) is 5. The van der Waals surface area contributed by atoms with Gasteiger partial charge in [-0.3, -0.25) is 15.1 Å². The minimum atomic E-state index is -0.366. The number of hydrogen-bond donors (Lipinski definition) is 1. The van der Waals surface area contributed by atoms with Gasteiger partial charge in [0.25, 0.3) is 0 Å². The van der Waals surface area contributed by atoms with Crippen molar-refractivity contribution in [2.24, 2.45) is 5.92 Å². The Bertz CT molecular complexity index is 467. The van der Waals surface area contributed by atoms with Crippen molar-refractivity contribution in [3.05, 3.63) is 27.0 Å². The quantitative estimate of drug-likeness (QED) is 0.677. The van der Waals surface area contributed by atoms with Crippen molar-refractivity contribution < 1.29 is 4.92 Å². The van der Waals surface area contributed by atoms with E-state index in [9.17, 15) is 10.1 Å². The van der Waals surface area contributed by atoms with E-state index in [-0.39, 0.29) is 10.6 Å². The molecule has 1 aliphatic heterocycles. The second kappa shape index (κ2) is 6.29. The number of nitro groups is 1. The third kappa shape index (κ3) is 3.22. The number of pyridine rings is 1. The van der Waals surface area contributed by atoms with E-state index in [1.165, 1.54) is 6.20 Å². The molecule has 104 valence electrons. The Kier molecular flexibility index (Phi) is 4.71. The predicted octanol–water partition coefficient (Wildman–Crippen LogP) is 2.19. The van der Waals surface area contributed by atoms with Gasteiger partial charge in [0.15, 0.2) is 0 Å². The average Bonchev–Trinajstić information content (AvgIpc) is 2.39. The van der Waals surface area contributed by atoms with Gasteiger partial charge in [-0.15, -0.1) is 0 Å². The van der Waals surface area contributed by atoms with Crippen LogP contribution in [0.1, 0.15) is 12.8 Å². The molecule has 0 amide bonds. The molecule has 1 saturated heterocycles. The molecule has 0 bridgehead atoms. The number of halogens is 1. The highest BCUT2D eigenvalue weighted by atomic mass is 79.9. The zero-order valence-corrected chi connectivity index (χ0v) is 12.4.